The Morgan fingerprint density at radius 2 is 1.83 bits per heavy atom. The molecule has 0 radical (unpaired) electrons. The van der Waals surface area contributed by atoms with Crippen molar-refractivity contribution in [1.82, 2.24) is 9.88 Å². The maximum Gasteiger partial charge on any atom is 0.0540 e. The number of piperidine rings is 1. The van der Waals surface area contributed by atoms with Crippen molar-refractivity contribution in [3.8, 4) is 0 Å². The van der Waals surface area contributed by atoms with Gasteiger partial charge in [0.1, 0.15) is 0 Å². The molecule has 4 rings (SSSR count). The number of halogens is 1. The summed E-state index contributed by atoms with van der Waals surface area (Å²) in [6, 6.07) is 15.0. The van der Waals surface area contributed by atoms with Crippen molar-refractivity contribution >= 4 is 21.6 Å². The lowest BCUT2D eigenvalue weighted by Gasteiger charge is -2.39. The molecule has 2 aromatic rings. The zero-order valence-electron chi connectivity index (χ0n) is 13.2. The number of anilines is 1. The number of rotatable bonds is 4. The van der Waals surface area contributed by atoms with Crippen LogP contribution in [0, 0.1) is 0 Å². The molecule has 0 spiro atoms. The van der Waals surface area contributed by atoms with Gasteiger partial charge in [-0.05, 0) is 53.2 Å². The van der Waals surface area contributed by atoms with Crippen LogP contribution in [-0.4, -0.2) is 28.0 Å². The number of benzene rings is 1. The van der Waals surface area contributed by atoms with Crippen molar-refractivity contribution in [2.45, 2.75) is 50.4 Å². The Bertz CT molecular complexity index is 647. The summed E-state index contributed by atoms with van der Waals surface area (Å²) >= 11 is 3.50. The average molecular weight is 372 g/mol. The first-order chi connectivity index (χ1) is 11.3. The summed E-state index contributed by atoms with van der Waals surface area (Å²) in [5.74, 6) is 0. The molecule has 2 saturated heterocycles. The minimum absolute atomic E-state index is 0.565. The highest BCUT2D eigenvalue weighted by Gasteiger charge is 2.40. The van der Waals surface area contributed by atoms with E-state index in [0.29, 0.717) is 18.1 Å². The van der Waals surface area contributed by atoms with Crippen LogP contribution in [0.3, 0.4) is 0 Å². The summed E-state index contributed by atoms with van der Waals surface area (Å²) in [6.07, 6.45) is 8.89. The highest BCUT2D eigenvalue weighted by atomic mass is 79.9. The Morgan fingerprint density at radius 3 is 2.52 bits per heavy atom. The number of nitrogens with zero attached hydrogens (tertiary/aromatic N) is 2. The van der Waals surface area contributed by atoms with Crippen molar-refractivity contribution in [1.29, 1.82) is 0 Å². The van der Waals surface area contributed by atoms with Crippen LogP contribution in [-0.2, 0) is 6.54 Å². The van der Waals surface area contributed by atoms with Gasteiger partial charge in [-0.3, -0.25) is 9.88 Å². The van der Waals surface area contributed by atoms with Gasteiger partial charge in [-0.25, -0.2) is 0 Å². The van der Waals surface area contributed by atoms with Crippen LogP contribution in [0.25, 0.3) is 0 Å². The van der Waals surface area contributed by atoms with Gasteiger partial charge >= 0.3 is 0 Å². The summed E-state index contributed by atoms with van der Waals surface area (Å²) in [6.45, 7) is 1.10. The van der Waals surface area contributed by atoms with E-state index in [0.717, 1.165) is 16.7 Å². The molecule has 2 bridgehead atoms. The zero-order chi connectivity index (χ0) is 15.6. The average Bonchev–Trinajstić information content (AvgIpc) is 2.79. The second-order valence-corrected chi connectivity index (χ2v) is 7.66. The fourth-order valence-electron chi connectivity index (χ4n) is 4.17. The monoisotopic (exact) mass is 371 g/mol. The van der Waals surface area contributed by atoms with Crippen LogP contribution in [0.15, 0.2) is 53.3 Å². The van der Waals surface area contributed by atoms with E-state index in [4.69, 9.17) is 0 Å². The summed E-state index contributed by atoms with van der Waals surface area (Å²) in [5, 5.41) is 3.69. The fraction of sp³-hybridized carbons (Fsp3) is 0.421. The van der Waals surface area contributed by atoms with E-state index in [-0.39, 0.29) is 0 Å². The van der Waals surface area contributed by atoms with Gasteiger partial charge in [-0.1, -0.05) is 30.3 Å². The first-order valence-electron chi connectivity index (χ1n) is 8.45. The predicted molar refractivity (Wildman–Crippen MR) is 97.4 cm³/mol. The van der Waals surface area contributed by atoms with E-state index in [1.165, 1.54) is 31.2 Å². The van der Waals surface area contributed by atoms with E-state index in [9.17, 15) is 0 Å². The molecule has 2 atom stereocenters. The number of aromatic nitrogens is 1. The van der Waals surface area contributed by atoms with Gasteiger partial charge in [0.25, 0.3) is 0 Å². The summed E-state index contributed by atoms with van der Waals surface area (Å²) in [4.78, 5) is 6.98. The topological polar surface area (TPSA) is 28.2 Å². The highest BCUT2D eigenvalue weighted by molar-refractivity contribution is 9.10. The summed E-state index contributed by atoms with van der Waals surface area (Å²) in [5.41, 5.74) is 2.56. The van der Waals surface area contributed by atoms with Crippen LogP contribution in [0.4, 0.5) is 5.69 Å². The van der Waals surface area contributed by atoms with E-state index in [1.54, 1.807) is 0 Å². The van der Waals surface area contributed by atoms with Crippen molar-refractivity contribution in [2.75, 3.05) is 5.32 Å². The molecule has 4 heteroatoms. The SMILES string of the molecule is Brc1cncc(NC2CC3CCC(C2)N3Cc2ccccc2)c1. The van der Waals surface area contributed by atoms with E-state index < -0.39 is 0 Å². The molecule has 1 aromatic carbocycles. The van der Waals surface area contributed by atoms with Gasteiger partial charge < -0.3 is 5.32 Å². The first-order valence-corrected chi connectivity index (χ1v) is 9.24. The summed E-state index contributed by atoms with van der Waals surface area (Å²) < 4.78 is 1.03. The Morgan fingerprint density at radius 1 is 1.09 bits per heavy atom. The minimum atomic E-state index is 0.565. The molecular weight excluding hydrogens is 350 g/mol. The Labute approximate surface area is 146 Å². The molecule has 0 saturated carbocycles. The zero-order valence-corrected chi connectivity index (χ0v) is 14.7. The first kappa shape index (κ1) is 15.2. The second kappa shape index (κ2) is 6.62. The van der Waals surface area contributed by atoms with E-state index >= 15 is 0 Å². The molecule has 3 nitrogen and oxygen atoms in total. The summed E-state index contributed by atoms with van der Waals surface area (Å²) in [7, 11) is 0. The van der Waals surface area contributed by atoms with Gasteiger partial charge in [0.15, 0.2) is 0 Å². The third-order valence-electron chi connectivity index (χ3n) is 5.17. The van der Waals surface area contributed by atoms with Crippen LogP contribution in [0.2, 0.25) is 0 Å². The molecule has 2 unspecified atom stereocenters. The van der Waals surface area contributed by atoms with Crippen LogP contribution in [0.1, 0.15) is 31.2 Å². The largest absolute Gasteiger partial charge is 0.381 e. The lowest BCUT2D eigenvalue weighted by molar-refractivity contribution is 0.124. The fourth-order valence-corrected chi connectivity index (χ4v) is 4.54. The number of fused-ring (bicyclic) bond motifs is 2. The smallest absolute Gasteiger partial charge is 0.0540 e. The highest BCUT2D eigenvalue weighted by Crippen LogP contribution is 2.37. The molecule has 2 aliphatic rings. The van der Waals surface area contributed by atoms with Crippen LogP contribution >= 0.6 is 15.9 Å². The maximum atomic E-state index is 4.25. The molecule has 2 aliphatic heterocycles. The molecule has 1 aromatic heterocycles. The quantitative estimate of drug-likeness (QED) is 0.860. The van der Waals surface area contributed by atoms with Crippen molar-refractivity contribution in [3.05, 3.63) is 58.8 Å². The Kier molecular flexibility index (Phi) is 4.36. The minimum Gasteiger partial charge on any atom is -0.381 e. The van der Waals surface area contributed by atoms with Gasteiger partial charge in [0.05, 0.1) is 11.9 Å². The molecule has 120 valence electrons. The van der Waals surface area contributed by atoms with Gasteiger partial charge in [-0.2, -0.15) is 0 Å². The third-order valence-corrected chi connectivity index (χ3v) is 5.60. The molecular formula is C19H22BrN3. The van der Waals surface area contributed by atoms with Gasteiger partial charge in [0.2, 0.25) is 0 Å². The number of hydrogen-bond acceptors (Lipinski definition) is 3. The molecule has 0 aliphatic carbocycles. The molecule has 0 amide bonds. The normalized spacial score (nSPS) is 27.1. The lowest BCUT2D eigenvalue weighted by Crippen LogP contribution is -2.46. The maximum absolute atomic E-state index is 4.25. The third kappa shape index (κ3) is 3.43. The van der Waals surface area contributed by atoms with E-state index in [1.807, 2.05) is 12.4 Å². The van der Waals surface area contributed by atoms with E-state index in [2.05, 4.69) is 67.5 Å². The number of hydrogen-bond donors (Lipinski definition) is 1. The number of nitrogens with one attached hydrogen (secondary N) is 1. The molecule has 3 heterocycles. The standard InChI is InChI=1S/C19H22BrN3/c20-15-8-17(12-21-11-15)22-16-9-18-6-7-19(10-16)23(18)13-14-4-2-1-3-5-14/h1-5,8,11-12,16,18-19,22H,6-7,9-10,13H2. The van der Waals surface area contributed by atoms with Crippen LogP contribution in [0.5, 0.6) is 0 Å². The van der Waals surface area contributed by atoms with Gasteiger partial charge in [-0.15, -0.1) is 0 Å². The van der Waals surface area contributed by atoms with Gasteiger partial charge in [0, 0.05) is 35.3 Å². The molecule has 23 heavy (non-hydrogen) atoms. The van der Waals surface area contributed by atoms with Crippen LogP contribution < -0.4 is 5.32 Å². The van der Waals surface area contributed by atoms with Crippen molar-refractivity contribution in [2.24, 2.45) is 0 Å². The number of pyridine rings is 1. The molecule has 1 N–H and O–H groups in total. The Balaban J connectivity index is 1.41. The molecule has 2 fully saturated rings. The van der Waals surface area contributed by atoms with Crippen molar-refractivity contribution in [3.63, 3.8) is 0 Å². The lowest BCUT2D eigenvalue weighted by atomic mass is 9.96. The second-order valence-electron chi connectivity index (χ2n) is 6.75. The Hall–Kier alpha value is -1.39. The predicted octanol–water partition coefficient (Wildman–Crippen LogP) is 4.45. The van der Waals surface area contributed by atoms with Crippen molar-refractivity contribution < 1.29 is 0 Å².